The third-order valence-corrected chi connectivity index (χ3v) is 8.78. The van der Waals surface area contributed by atoms with Crippen molar-refractivity contribution in [3.8, 4) is 17.3 Å². The number of β-amino-alcohol motifs (C(OH)–C–C–N with tert-alkyl or cyclic N) is 1. The number of halogens is 4. The number of hydrogen-bond donors (Lipinski definition) is 6. The average Bonchev–Trinajstić information content (AvgIpc) is 3.59. The van der Waals surface area contributed by atoms with Gasteiger partial charge in [0.05, 0.1) is 46.3 Å². The number of aliphatic hydroxyl groups is 1. The molecule has 0 radical (unpaired) electrons. The van der Waals surface area contributed by atoms with Gasteiger partial charge in [0.15, 0.2) is 11.5 Å². The Morgan fingerprint density at radius 2 is 1.88 bits per heavy atom. The van der Waals surface area contributed by atoms with Crippen LogP contribution in [0.2, 0.25) is 5.02 Å². The Labute approximate surface area is 280 Å². The Kier molecular flexibility index (Phi) is 10.1. The van der Waals surface area contributed by atoms with Crippen LogP contribution in [0.15, 0.2) is 30.6 Å². The minimum atomic E-state index is -4.80. The molecule has 0 spiro atoms. The highest BCUT2D eigenvalue weighted by molar-refractivity contribution is 6.34. The highest BCUT2D eigenvalue weighted by Crippen LogP contribution is 2.45. The molecule has 3 aliphatic rings. The molecule has 2 aliphatic heterocycles. The lowest BCUT2D eigenvalue weighted by molar-refractivity contribution is -0.141. The van der Waals surface area contributed by atoms with Gasteiger partial charge in [-0.3, -0.25) is 19.1 Å². The number of nitrogens with one attached hydrogen (secondary N) is 4. The monoisotopic (exact) mass is 706 g/mol. The number of likely N-dealkylation sites (tertiary alicyclic amines) is 1. The second-order valence-electron chi connectivity index (χ2n) is 11.5. The van der Waals surface area contributed by atoms with Crippen LogP contribution in [0.3, 0.4) is 0 Å². The van der Waals surface area contributed by atoms with Crippen molar-refractivity contribution in [1.29, 1.82) is 5.26 Å². The Hall–Kier alpha value is -5.19. The lowest BCUT2D eigenvalue weighted by Gasteiger charge is -2.24. The molecule has 4 amide bonds. The Bertz CT molecular complexity index is 1800. The van der Waals surface area contributed by atoms with Crippen molar-refractivity contribution in [2.75, 3.05) is 31.5 Å². The van der Waals surface area contributed by atoms with E-state index in [4.69, 9.17) is 26.8 Å². The van der Waals surface area contributed by atoms with Gasteiger partial charge >= 0.3 is 12.2 Å². The molecular formula is C29H30ClF3N10O6. The van der Waals surface area contributed by atoms with E-state index in [0.29, 0.717) is 26.2 Å². The first-order valence-electron chi connectivity index (χ1n) is 14.7. The predicted octanol–water partition coefficient (Wildman–Crippen LogP) is 1.13. The van der Waals surface area contributed by atoms with Gasteiger partial charge in [0.25, 0.3) is 18.3 Å². The van der Waals surface area contributed by atoms with Crippen LogP contribution in [-0.2, 0) is 24.6 Å². The number of benzene rings is 1. The minimum absolute atomic E-state index is 0.0368. The summed E-state index contributed by atoms with van der Waals surface area (Å²) in [5, 5.41) is 40.6. The van der Waals surface area contributed by atoms with Crippen molar-refractivity contribution in [3.05, 3.63) is 52.7 Å². The van der Waals surface area contributed by atoms with E-state index in [2.05, 4.69) is 31.3 Å². The summed E-state index contributed by atoms with van der Waals surface area (Å²) in [5.74, 6) is -1.14. The molecule has 5 atom stereocenters. The number of amides is 4. The zero-order valence-electron chi connectivity index (χ0n) is 25.6. The smallest absolute Gasteiger partial charge is 0.435 e. The van der Waals surface area contributed by atoms with Crippen molar-refractivity contribution in [3.63, 3.8) is 0 Å². The van der Waals surface area contributed by atoms with Crippen LogP contribution in [0.4, 0.5) is 23.7 Å². The fourth-order valence-electron chi connectivity index (χ4n) is 6.00. The van der Waals surface area contributed by atoms with E-state index in [1.807, 2.05) is 0 Å². The summed E-state index contributed by atoms with van der Waals surface area (Å²) < 4.78 is 42.9. The molecule has 3 unspecified atom stereocenters. The second-order valence-corrected chi connectivity index (χ2v) is 11.9. The van der Waals surface area contributed by atoms with Gasteiger partial charge in [-0.15, -0.1) is 0 Å². The van der Waals surface area contributed by atoms with Crippen LogP contribution < -0.4 is 21.3 Å². The number of anilines is 1. The lowest BCUT2D eigenvalue weighted by atomic mass is 10.2. The largest absolute Gasteiger partial charge is 0.483 e. The first-order valence-corrected chi connectivity index (χ1v) is 15.1. The molecule has 6 N–H and O–H groups in total. The van der Waals surface area contributed by atoms with Crippen LogP contribution in [0, 0.1) is 23.2 Å². The normalized spacial score (nSPS) is 22.3. The van der Waals surface area contributed by atoms with Crippen molar-refractivity contribution >= 4 is 41.6 Å². The topological polar surface area (TPSA) is 220 Å². The Morgan fingerprint density at radius 1 is 1.18 bits per heavy atom. The second kappa shape index (κ2) is 14.1. The molecule has 2 aromatic heterocycles. The standard InChI is InChI=1S/C28H28ClF3N10O4.CH2O2/c1-40-20(17-12-42(5-4-33)39-23(17)28(30,31)32)8-35-24(40)26(45)36-13-2-3-14(18(29)6-13)25(44)38-22-15-10-41(11-16(15)22)27(46)37-19-7-34-9-21(19)43;2-1-3/h2-3,6,8,12,15-16,19,21-22,34,43H,5,7,9-11H2,1H3,(H,36,45)(H,37,46)(H,38,44);1H,(H,2,3)/t15-,16+,19?,21?,22?;. The van der Waals surface area contributed by atoms with Crippen LogP contribution >= 0.6 is 11.6 Å². The van der Waals surface area contributed by atoms with Crippen LogP contribution in [0.25, 0.3) is 11.3 Å². The zero-order chi connectivity index (χ0) is 35.6. The van der Waals surface area contributed by atoms with E-state index < -0.39 is 36.3 Å². The maximum atomic E-state index is 13.6. The van der Waals surface area contributed by atoms with Gasteiger partial charge in [-0.05, 0) is 18.2 Å². The summed E-state index contributed by atoms with van der Waals surface area (Å²) in [6.07, 6.45) is -3.26. The fourth-order valence-corrected chi connectivity index (χ4v) is 6.27. The molecule has 4 heterocycles. The predicted molar refractivity (Wildman–Crippen MR) is 164 cm³/mol. The molecule has 1 saturated carbocycles. The average molecular weight is 707 g/mol. The van der Waals surface area contributed by atoms with Crippen molar-refractivity contribution in [2.45, 2.75) is 30.9 Å². The third-order valence-electron chi connectivity index (χ3n) is 8.47. The number of imidazole rings is 1. The Balaban J connectivity index is 0.00000151. The first-order chi connectivity index (χ1) is 23.3. The minimum Gasteiger partial charge on any atom is -0.483 e. The van der Waals surface area contributed by atoms with Gasteiger partial charge in [-0.2, -0.15) is 23.5 Å². The van der Waals surface area contributed by atoms with E-state index >= 15 is 0 Å². The molecule has 3 aromatic rings. The van der Waals surface area contributed by atoms with Gasteiger partial charge in [-0.25, -0.2) is 9.78 Å². The summed E-state index contributed by atoms with van der Waals surface area (Å²) in [7, 11) is 1.37. The molecule has 20 heteroatoms. The number of nitriles is 1. The molecule has 49 heavy (non-hydrogen) atoms. The number of fused-ring (bicyclic) bond motifs is 1. The summed E-state index contributed by atoms with van der Waals surface area (Å²) in [5.41, 5.74) is -1.19. The van der Waals surface area contributed by atoms with E-state index in [0.717, 1.165) is 17.1 Å². The lowest BCUT2D eigenvalue weighted by Crippen LogP contribution is -2.49. The number of nitrogens with zero attached hydrogens (tertiary/aromatic N) is 6. The fraction of sp³-hybridized carbons (Fsp3) is 0.414. The molecule has 260 valence electrons. The summed E-state index contributed by atoms with van der Waals surface area (Å²) in [4.78, 5) is 52.6. The van der Waals surface area contributed by atoms with Gasteiger partial charge in [0.1, 0.15) is 6.54 Å². The highest BCUT2D eigenvalue weighted by Gasteiger charge is 2.57. The quantitative estimate of drug-likeness (QED) is 0.192. The number of carbonyl (C=O) groups is 4. The number of hydrogen-bond acceptors (Lipinski definition) is 9. The molecule has 6 rings (SSSR count). The van der Waals surface area contributed by atoms with Crippen LogP contribution in [0.5, 0.6) is 0 Å². The van der Waals surface area contributed by atoms with E-state index in [1.54, 1.807) is 11.0 Å². The number of aromatic nitrogens is 4. The van der Waals surface area contributed by atoms with Gasteiger partial charge in [0, 0.05) is 63.0 Å². The molecule has 0 bridgehead atoms. The molecule has 1 aromatic carbocycles. The number of rotatable bonds is 7. The number of alkyl halides is 3. The van der Waals surface area contributed by atoms with E-state index in [1.165, 1.54) is 29.8 Å². The highest BCUT2D eigenvalue weighted by atomic mass is 35.5. The summed E-state index contributed by atoms with van der Waals surface area (Å²) >= 11 is 6.38. The molecular weight excluding hydrogens is 677 g/mol. The Morgan fingerprint density at radius 3 is 2.47 bits per heavy atom. The SMILES string of the molecule is Cn1c(-c2cn(CC#N)nc2C(F)(F)F)cnc1C(=O)Nc1ccc(C(=O)NC2[C@H]3CN(C(=O)NC4CNCC4O)C[C@@H]23)c(Cl)c1.O=CO. The van der Waals surface area contributed by atoms with Crippen LogP contribution in [-0.4, -0.2) is 103 Å². The number of carboxylic acid groups (broad SMARTS) is 1. The number of urea groups is 1. The van der Waals surface area contributed by atoms with Crippen molar-refractivity contribution in [2.24, 2.45) is 18.9 Å². The third kappa shape index (κ3) is 7.45. The number of aliphatic hydroxyl groups excluding tert-OH is 1. The van der Waals surface area contributed by atoms with Gasteiger partial charge in [0.2, 0.25) is 0 Å². The van der Waals surface area contributed by atoms with E-state index in [-0.39, 0.29) is 69.8 Å². The number of carbonyl (C=O) groups excluding carboxylic acids is 3. The summed E-state index contributed by atoms with van der Waals surface area (Å²) in [6.45, 7) is 1.24. The van der Waals surface area contributed by atoms with Crippen molar-refractivity contribution in [1.82, 2.24) is 40.2 Å². The summed E-state index contributed by atoms with van der Waals surface area (Å²) in [6, 6.07) is 5.31. The molecule has 1 aliphatic carbocycles. The zero-order valence-corrected chi connectivity index (χ0v) is 26.4. The molecule has 2 saturated heterocycles. The van der Waals surface area contributed by atoms with Gasteiger partial charge < -0.3 is 40.9 Å². The van der Waals surface area contributed by atoms with Gasteiger partial charge in [-0.1, -0.05) is 11.6 Å². The number of piperidine rings is 1. The van der Waals surface area contributed by atoms with Crippen molar-refractivity contribution < 1.29 is 42.6 Å². The molecule has 16 nitrogen and oxygen atoms in total. The van der Waals surface area contributed by atoms with E-state index in [9.17, 15) is 32.7 Å². The first kappa shape index (κ1) is 35.1. The maximum Gasteiger partial charge on any atom is 0.435 e. The van der Waals surface area contributed by atoms with Crippen LogP contribution in [0.1, 0.15) is 26.7 Å². The maximum absolute atomic E-state index is 13.6. The molecule has 3 fully saturated rings.